The summed E-state index contributed by atoms with van der Waals surface area (Å²) in [6, 6.07) is 15.0. The van der Waals surface area contributed by atoms with Gasteiger partial charge in [-0.2, -0.15) is 0 Å². The molecule has 34 heavy (non-hydrogen) atoms. The van der Waals surface area contributed by atoms with Crippen molar-refractivity contribution < 1.29 is 9.18 Å². The maximum absolute atomic E-state index is 13.7. The second-order valence-corrected chi connectivity index (χ2v) is 8.88. The highest BCUT2D eigenvalue weighted by atomic mass is 35.5. The van der Waals surface area contributed by atoms with Crippen LogP contribution in [-0.2, 0) is 13.7 Å². The molecule has 0 radical (unpaired) electrons. The summed E-state index contributed by atoms with van der Waals surface area (Å²) in [7, 11) is 1.93. The van der Waals surface area contributed by atoms with Crippen molar-refractivity contribution in [2.45, 2.75) is 6.67 Å². The number of nitrogens with one attached hydrogen (secondary N) is 1. The largest absolute Gasteiger partial charge is 0.369 e. The summed E-state index contributed by atoms with van der Waals surface area (Å²) >= 11 is 6.66. The molecule has 3 heterocycles. The highest BCUT2D eigenvalue weighted by Crippen LogP contribution is 2.43. The molecule has 2 aromatic carbocycles. The minimum Gasteiger partial charge on any atom is -0.369 e. The van der Waals surface area contributed by atoms with Gasteiger partial charge in [-0.05, 0) is 53.1 Å². The van der Waals surface area contributed by atoms with Crippen molar-refractivity contribution in [3.63, 3.8) is 0 Å². The molecule has 6 nitrogen and oxygen atoms in total. The molecular weight excluding hydrogens is 453 g/mol. The second kappa shape index (κ2) is 9.08. The molecule has 0 saturated carbocycles. The number of fused-ring (bicyclic) bond motifs is 1. The second-order valence-electron chi connectivity index (χ2n) is 8.47. The van der Waals surface area contributed by atoms with E-state index >= 15 is 0 Å². The first kappa shape index (κ1) is 22.4. The molecule has 174 valence electrons. The Morgan fingerprint density at radius 2 is 1.85 bits per heavy atom. The lowest BCUT2D eigenvalue weighted by Gasteiger charge is -2.29. The van der Waals surface area contributed by atoms with Gasteiger partial charge in [-0.15, -0.1) is 0 Å². The van der Waals surface area contributed by atoms with Crippen molar-refractivity contribution in [3.8, 4) is 22.4 Å². The van der Waals surface area contributed by atoms with Crippen molar-refractivity contribution in [1.82, 2.24) is 14.9 Å². The molecule has 1 aliphatic rings. The maximum Gasteiger partial charge on any atom is 0.248 e. The number of halogens is 2. The van der Waals surface area contributed by atoms with Crippen LogP contribution in [0.3, 0.4) is 0 Å². The Labute approximate surface area is 202 Å². The monoisotopic (exact) mass is 477 g/mol. The van der Waals surface area contributed by atoms with Crippen LogP contribution in [0.2, 0.25) is 5.02 Å². The molecule has 1 fully saturated rings. The molecule has 0 bridgehead atoms. The van der Waals surface area contributed by atoms with Gasteiger partial charge in [0.25, 0.3) is 0 Å². The van der Waals surface area contributed by atoms with E-state index in [0.29, 0.717) is 21.8 Å². The molecule has 1 amide bonds. The van der Waals surface area contributed by atoms with E-state index in [1.807, 2.05) is 11.6 Å². The molecule has 4 aromatic rings. The highest BCUT2D eigenvalue weighted by molar-refractivity contribution is 6.37. The number of rotatable bonds is 5. The van der Waals surface area contributed by atoms with Gasteiger partial charge < -0.3 is 20.5 Å². The van der Waals surface area contributed by atoms with Gasteiger partial charge >= 0.3 is 0 Å². The number of aromatic nitrogens is 2. The Kier molecular flexibility index (Phi) is 5.98. The fourth-order valence-corrected chi connectivity index (χ4v) is 4.97. The number of hydrogen-bond acceptors (Lipinski definition) is 4. The first-order chi connectivity index (χ1) is 16.5. The summed E-state index contributed by atoms with van der Waals surface area (Å²) in [6.45, 7) is 3.15. The van der Waals surface area contributed by atoms with Crippen molar-refractivity contribution in [2.75, 3.05) is 31.1 Å². The van der Waals surface area contributed by atoms with Crippen LogP contribution in [0.1, 0.15) is 15.9 Å². The molecule has 8 heteroatoms. The van der Waals surface area contributed by atoms with Gasteiger partial charge in [-0.3, -0.25) is 4.79 Å². The van der Waals surface area contributed by atoms with Crippen molar-refractivity contribution >= 4 is 34.2 Å². The third-order valence-corrected chi connectivity index (χ3v) is 6.68. The number of nitrogens with two attached hydrogens (primary N) is 1. The molecule has 3 N–H and O–H groups in total. The molecule has 0 aliphatic carbocycles. The summed E-state index contributed by atoms with van der Waals surface area (Å²) in [6.07, 6.45) is 1.67. The zero-order chi connectivity index (χ0) is 23.8. The third-order valence-electron chi connectivity index (χ3n) is 6.36. The average Bonchev–Trinajstić information content (AvgIpc) is 3.18. The number of carbonyl (C=O) groups is 1. The number of piperazine rings is 1. The van der Waals surface area contributed by atoms with Crippen LogP contribution in [0.25, 0.3) is 33.4 Å². The number of pyridine rings is 1. The topological polar surface area (TPSA) is 76.2 Å². The first-order valence-electron chi connectivity index (χ1n) is 11.2. The lowest BCUT2D eigenvalue weighted by molar-refractivity contribution is 0.1000. The molecule has 0 spiro atoms. The molecule has 1 aliphatic heterocycles. The molecule has 2 aromatic heterocycles. The lowest BCUT2D eigenvalue weighted by atomic mass is 9.95. The number of primary amides is 1. The van der Waals surface area contributed by atoms with Crippen LogP contribution in [0.5, 0.6) is 0 Å². The summed E-state index contributed by atoms with van der Waals surface area (Å²) in [5, 5.41) is 4.65. The summed E-state index contributed by atoms with van der Waals surface area (Å²) in [5.41, 5.74) is 11.4. The van der Waals surface area contributed by atoms with Crippen molar-refractivity contribution in [2.24, 2.45) is 12.8 Å². The van der Waals surface area contributed by atoms with E-state index in [4.69, 9.17) is 17.3 Å². The highest BCUT2D eigenvalue weighted by Gasteiger charge is 2.23. The predicted molar refractivity (Wildman–Crippen MR) is 135 cm³/mol. The first-order valence-corrected chi connectivity index (χ1v) is 11.5. The summed E-state index contributed by atoms with van der Waals surface area (Å²) < 4.78 is 15.7. The Bertz CT molecular complexity index is 1380. The smallest absolute Gasteiger partial charge is 0.248 e. The van der Waals surface area contributed by atoms with E-state index in [0.717, 1.165) is 54.1 Å². The molecule has 5 rings (SSSR count). The van der Waals surface area contributed by atoms with Crippen LogP contribution in [0, 0.1) is 0 Å². The number of aryl methyl sites for hydroxylation is 1. The van der Waals surface area contributed by atoms with Gasteiger partial charge in [0.1, 0.15) is 12.3 Å². The number of amides is 1. The van der Waals surface area contributed by atoms with Gasteiger partial charge in [0.05, 0.1) is 10.7 Å². The zero-order valence-electron chi connectivity index (χ0n) is 18.8. The lowest BCUT2D eigenvalue weighted by Crippen LogP contribution is -2.43. The fourth-order valence-electron chi connectivity index (χ4n) is 4.73. The fraction of sp³-hybridized carbons (Fsp3) is 0.231. The third kappa shape index (κ3) is 3.91. The van der Waals surface area contributed by atoms with Crippen LogP contribution < -0.4 is 16.0 Å². The van der Waals surface area contributed by atoms with E-state index in [1.54, 1.807) is 24.4 Å². The maximum atomic E-state index is 13.7. The van der Waals surface area contributed by atoms with Crippen molar-refractivity contribution in [3.05, 3.63) is 70.9 Å². The van der Waals surface area contributed by atoms with E-state index in [9.17, 15) is 9.18 Å². The van der Waals surface area contributed by atoms with Gasteiger partial charge in [0.2, 0.25) is 5.91 Å². The Hall–Kier alpha value is -3.42. The zero-order valence-corrected chi connectivity index (χ0v) is 19.6. The molecule has 0 atom stereocenters. The van der Waals surface area contributed by atoms with Crippen LogP contribution in [-0.4, -0.2) is 41.6 Å². The van der Waals surface area contributed by atoms with Gasteiger partial charge in [0.15, 0.2) is 0 Å². The SMILES string of the molecule is Cn1c(-c2ccc(N3CCNCC3)cc2)c(-c2cc(CF)cc(C(N)=O)c2)c2c(Cl)ccnc21. The van der Waals surface area contributed by atoms with Crippen LogP contribution >= 0.6 is 11.6 Å². The summed E-state index contributed by atoms with van der Waals surface area (Å²) in [5.74, 6) is -0.608. The number of benzene rings is 2. The number of nitrogens with zero attached hydrogens (tertiary/aromatic N) is 3. The van der Waals surface area contributed by atoms with E-state index in [1.165, 1.54) is 6.07 Å². The van der Waals surface area contributed by atoms with E-state index in [2.05, 4.69) is 39.5 Å². The van der Waals surface area contributed by atoms with Crippen LogP contribution in [0.4, 0.5) is 10.1 Å². The Balaban J connectivity index is 1.73. The van der Waals surface area contributed by atoms with Crippen molar-refractivity contribution in [1.29, 1.82) is 0 Å². The molecule has 1 saturated heterocycles. The van der Waals surface area contributed by atoms with Gasteiger partial charge in [-0.1, -0.05) is 23.7 Å². The van der Waals surface area contributed by atoms with E-state index in [-0.39, 0.29) is 5.56 Å². The predicted octanol–water partition coefficient (Wildman–Crippen LogP) is 4.54. The Morgan fingerprint density at radius 3 is 2.53 bits per heavy atom. The van der Waals surface area contributed by atoms with E-state index < -0.39 is 12.6 Å². The minimum absolute atomic E-state index is 0.252. The number of carbonyl (C=O) groups excluding carboxylic acids is 1. The summed E-state index contributed by atoms with van der Waals surface area (Å²) in [4.78, 5) is 18.9. The normalized spacial score (nSPS) is 14.0. The van der Waals surface area contributed by atoms with Gasteiger partial charge in [-0.25, -0.2) is 9.37 Å². The number of hydrogen-bond donors (Lipinski definition) is 2. The average molecular weight is 478 g/mol. The number of anilines is 1. The molecular formula is C26H25ClFN5O. The van der Waals surface area contributed by atoms with Gasteiger partial charge in [0, 0.05) is 61.6 Å². The minimum atomic E-state index is -0.709. The Morgan fingerprint density at radius 1 is 1.12 bits per heavy atom. The quantitative estimate of drug-likeness (QED) is 0.442. The standard InChI is InChI=1S/C26H25ClFN5O/c1-32-24(17-2-4-20(5-3-17)33-10-8-30-9-11-33)22(23-21(27)6-7-31-26(23)32)18-12-16(15-28)13-19(14-18)25(29)34/h2-7,12-14,30H,8-11,15H2,1H3,(H2,29,34). The molecule has 0 unspecified atom stereocenters. The van der Waals surface area contributed by atoms with Crippen LogP contribution in [0.15, 0.2) is 54.7 Å². The number of alkyl halides is 1.